The molecule has 0 spiro atoms. The van der Waals surface area contributed by atoms with Gasteiger partial charge < -0.3 is 10.0 Å². The number of carbonyl (C=O) groups excluding carboxylic acids is 1. The molecular formula is C15H21NO2. The van der Waals surface area contributed by atoms with E-state index in [1.165, 1.54) is 0 Å². The Labute approximate surface area is 108 Å². The largest absolute Gasteiger partial charge is 0.388 e. The van der Waals surface area contributed by atoms with Gasteiger partial charge in [0.15, 0.2) is 0 Å². The van der Waals surface area contributed by atoms with Crippen LogP contribution in [0.3, 0.4) is 0 Å². The third-order valence-corrected chi connectivity index (χ3v) is 3.59. The topological polar surface area (TPSA) is 40.5 Å². The third kappa shape index (κ3) is 2.72. The maximum Gasteiger partial charge on any atom is 0.254 e. The van der Waals surface area contributed by atoms with Crippen molar-refractivity contribution in [2.75, 3.05) is 13.1 Å². The van der Waals surface area contributed by atoms with Crippen LogP contribution in [-0.2, 0) is 6.42 Å². The Balaban J connectivity index is 2.20. The zero-order chi connectivity index (χ0) is 13.2. The van der Waals surface area contributed by atoms with E-state index < -0.39 is 5.60 Å². The molecule has 0 radical (unpaired) electrons. The molecule has 1 unspecified atom stereocenters. The minimum absolute atomic E-state index is 0.0485. The molecule has 3 nitrogen and oxygen atoms in total. The first-order valence-electron chi connectivity index (χ1n) is 6.63. The van der Waals surface area contributed by atoms with E-state index in [2.05, 4.69) is 6.92 Å². The van der Waals surface area contributed by atoms with Crippen molar-refractivity contribution in [2.45, 2.75) is 38.7 Å². The lowest BCUT2D eigenvalue weighted by Gasteiger charge is -2.37. The molecule has 1 N–H and O–H groups in total. The second-order valence-electron chi connectivity index (χ2n) is 5.34. The first-order chi connectivity index (χ1) is 8.53. The van der Waals surface area contributed by atoms with Gasteiger partial charge in [-0.1, -0.05) is 25.1 Å². The fourth-order valence-electron chi connectivity index (χ4n) is 2.60. The first-order valence-corrected chi connectivity index (χ1v) is 6.63. The van der Waals surface area contributed by atoms with Crippen molar-refractivity contribution < 1.29 is 9.90 Å². The molecule has 0 aromatic heterocycles. The van der Waals surface area contributed by atoms with Crippen LogP contribution in [-0.4, -0.2) is 34.6 Å². The van der Waals surface area contributed by atoms with Gasteiger partial charge in [0.05, 0.1) is 5.60 Å². The van der Waals surface area contributed by atoms with Crippen molar-refractivity contribution >= 4 is 5.91 Å². The fraction of sp³-hybridized carbons (Fsp3) is 0.533. The summed E-state index contributed by atoms with van der Waals surface area (Å²) in [6.45, 7) is 5.04. The molecule has 18 heavy (non-hydrogen) atoms. The number of likely N-dealkylation sites (tertiary alicyclic amines) is 1. The molecule has 0 bridgehead atoms. The number of piperidine rings is 1. The number of aryl methyl sites for hydroxylation is 1. The summed E-state index contributed by atoms with van der Waals surface area (Å²) >= 11 is 0. The number of nitrogens with zero attached hydrogens (tertiary/aromatic N) is 1. The number of amides is 1. The SMILES string of the molecule is CCc1ccccc1C(=O)N1CCCC(C)(O)C1. The predicted molar refractivity (Wildman–Crippen MR) is 71.6 cm³/mol. The van der Waals surface area contributed by atoms with Gasteiger partial charge >= 0.3 is 0 Å². The quantitative estimate of drug-likeness (QED) is 0.870. The molecule has 2 rings (SSSR count). The second-order valence-corrected chi connectivity index (χ2v) is 5.34. The van der Waals surface area contributed by atoms with Crippen LogP contribution < -0.4 is 0 Å². The molecular weight excluding hydrogens is 226 g/mol. The summed E-state index contributed by atoms with van der Waals surface area (Å²) in [5, 5.41) is 10.1. The summed E-state index contributed by atoms with van der Waals surface area (Å²) in [5.41, 5.74) is 1.11. The molecule has 1 aromatic carbocycles. The lowest BCUT2D eigenvalue weighted by molar-refractivity contribution is -0.0107. The second kappa shape index (κ2) is 5.11. The smallest absolute Gasteiger partial charge is 0.254 e. The van der Waals surface area contributed by atoms with Crippen LogP contribution in [0.1, 0.15) is 42.6 Å². The number of aliphatic hydroxyl groups is 1. The Hall–Kier alpha value is -1.35. The van der Waals surface area contributed by atoms with E-state index in [4.69, 9.17) is 0 Å². The third-order valence-electron chi connectivity index (χ3n) is 3.59. The van der Waals surface area contributed by atoms with Crippen molar-refractivity contribution in [3.63, 3.8) is 0 Å². The Bertz CT molecular complexity index is 440. The van der Waals surface area contributed by atoms with Gasteiger partial charge in [0.25, 0.3) is 5.91 Å². The molecule has 1 aliphatic heterocycles. The summed E-state index contributed by atoms with van der Waals surface area (Å²) in [6, 6.07) is 7.73. The van der Waals surface area contributed by atoms with E-state index in [1.54, 1.807) is 11.8 Å². The zero-order valence-electron chi connectivity index (χ0n) is 11.1. The Kier molecular flexibility index (Phi) is 3.71. The highest BCUT2D eigenvalue weighted by Crippen LogP contribution is 2.22. The summed E-state index contributed by atoms with van der Waals surface area (Å²) in [4.78, 5) is 14.3. The molecule has 3 heteroatoms. The Morgan fingerprint density at radius 2 is 2.17 bits per heavy atom. The average molecular weight is 247 g/mol. The van der Waals surface area contributed by atoms with Crippen molar-refractivity contribution in [1.82, 2.24) is 4.90 Å². The standard InChI is InChI=1S/C15H21NO2/c1-3-12-7-4-5-8-13(12)14(17)16-10-6-9-15(2,18)11-16/h4-5,7-8,18H,3,6,9-11H2,1-2H3. The summed E-state index contributed by atoms with van der Waals surface area (Å²) in [6.07, 6.45) is 2.49. The van der Waals surface area contributed by atoms with Crippen LogP contribution in [0.15, 0.2) is 24.3 Å². The van der Waals surface area contributed by atoms with Crippen LogP contribution >= 0.6 is 0 Å². The average Bonchev–Trinajstić information content (AvgIpc) is 2.36. The van der Waals surface area contributed by atoms with Gasteiger partial charge in [-0.25, -0.2) is 0 Å². The van der Waals surface area contributed by atoms with Crippen LogP contribution in [0, 0.1) is 0 Å². The summed E-state index contributed by atoms with van der Waals surface area (Å²) in [7, 11) is 0. The summed E-state index contributed by atoms with van der Waals surface area (Å²) in [5.74, 6) is 0.0485. The lowest BCUT2D eigenvalue weighted by Crippen LogP contribution is -2.48. The number of rotatable bonds is 2. The van der Waals surface area contributed by atoms with Crippen LogP contribution in [0.4, 0.5) is 0 Å². The van der Waals surface area contributed by atoms with E-state index in [1.807, 2.05) is 24.3 Å². The number of β-amino-alcohol motifs (C(OH)–C–C–N with tert-alkyl or cyclic N) is 1. The van der Waals surface area contributed by atoms with Gasteiger partial charge in [-0.2, -0.15) is 0 Å². The predicted octanol–water partition coefficient (Wildman–Crippen LogP) is 2.24. The normalized spacial score (nSPS) is 24.1. The summed E-state index contributed by atoms with van der Waals surface area (Å²) < 4.78 is 0. The van der Waals surface area contributed by atoms with Gasteiger partial charge in [-0.3, -0.25) is 4.79 Å². The molecule has 1 aromatic rings. The highest BCUT2D eigenvalue weighted by Gasteiger charge is 2.31. The first kappa shape index (κ1) is 13.1. The van der Waals surface area contributed by atoms with E-state index in [0.717, 1.165) is 36.9 Å². The number of benzene rings is 1. The van der Waals surface area contributed by atoms with E-state index in [9.17, 15) is 9.90 Å². The van der Waals surface area contributed by atoms with E-state index in [0.29, 0.717) is 6.54 Å². The van der Waals surface area contributed by atoms with Gasteiger partial charge in [0.1, 0.15) is 0 Å². The van der Waals surface area contributed by atoms with Crippen LogP contribution in [0.2, 0.25) is 0 Å². The van der Waals surface area contributed by atoms with Crippen LogP contribution in [0.25, 0.3) is 0 Å². The van der Waals surface area contributed by atoms with Gasteiger partial charge in [0, 0.05) is 18.7 Å². The maximum absolute atomic E-state index is 12.5. The van der Waals surface area contributed by atoms with Crippen molar-refractivity contribution in [1.29, 1.82) is 0 Å². The molecule has 0 aliphatic carbocycles. The molecule has 0 saturated carbocycles. The van der Waals surface area contributed by atoms with E-state index >= 15 is 0 Å². The molecule has 1 aliphatic rings. The van der Waals surface area contributed by atoms with Crippen molar-refractivity contribution in [3.05, 3.63) is 35.4 Å². The highest BCUT2D eigenvalue weighted by molar-refractivity contribution is 5.95. The van der Waals surface area contributed by atoms with Gasteiger partial charge in [-0.05, 0) is 37.8 Å². The van der Waals surface area contributed by atoms with Crippen LogP contribution in [0.5, 0.6) is 0 Å². The van der Waals surface area contributed by atoms with Gasteiger partial charge in [-0.15, -0.1) is 0 Å². The van der Waals surface area contributed by atoms with Gasteiger partial charge in [0.2, 0.25) is 0 Å². The van der Waals surface area contributed by atoms with Crippen molar-refractivity contribution in [2.24, 2.45) is 0 Å². The molecule has 1 atom stereocenters. The minimum Gasteiger partial charge on any atom is -0.388 e. The lowest BCUT2D eigenvalue weighted by atomic mass is 9.94. The number of hydrogen-bond acceptors (Lipinski definition) is 2. The van der Waals surface area contributed by atoms with Crippen molar-refractivity contribution in [3.8, 4) is 0 Å². The number of carbonyl (C=O) groups is 1. The fourth-order valence-corrected chi connectivity index (χ4v) is 2.60. The minimum atomic E-state index is -0.741. The molecule has 98 valence electrons. The maximum atomic E-state index is 12.5. The molecule has 1 saturated heterocycles. The molecule has 1 heterocycles. The number of hydrogen-bond donors (Lipinski definition) is 1. The molecule has 1 amide bonds. The zero-order valence-corrected chi connectivity index (χ0v) is 11.1. The highest BCUT2D eigenvalue weighted by atomic mass is 16.3. The Morgan fingerprint density at radius 3 is 2.83 bits per heavy atom. The molecule has 1 fully saturated rings. The van der Waals surface area contributed by atoms with E-state index in [-0.39, 0.29) is 5.91 Å². The Morgan fingerprint density at radius 1 is 1.44 bits per heavy atom. The monoisotopic (exact) mass is 247 g/mol.